The van der Waals surface area contributed by atoms with Crippen LogP contribution in [0.1, 0.15) is 30.7 Å². The Balaban J connectivity index is 1.96. The normalized spacial score (nSPS) is 17.7. The number of hydrogen-bond donors (Lipinski definition) is 1. The Morgan fingerprint density at radius 3 is 2.75 bits per heavy atom. The molecule has 0 saturated carbocycles. The number of amides is 1. The molecule has 1 amide bonds. The highest BCUT2D eigenvalue weighted by atomic mass is 32.2. The van der Waals surface area contributed by atoms with Crippen LogP contribution in [0.25, 0.3) is 0 Å². The standard InChI is InChI=1S/C16H17N3O4S/c1-11(20)17-13-6-3-5-12(9-13)14-10-15(16-7-4-8-23-16)19(18-14)24(2,21)22/h3-9,15H,10H2,1-2H3,(H,17,20)/t15-/m1/s1. The van der Waals surface area contributed by atoms with Crippen molar-refractivity contribution in [2.24, 2.45) is 5.10 Å². The zero-order chi connectivity index (χ0) is 17.3. The van der Waals surface area contributed by atoms with E-state index in [1.54, 1.807) is 30.3 Å². The minimum Gasteiger partial charge on any atom is -0.467 e. The van der Waals surface area contributed by atoms with Crippen molar-refractivity contribution in [3.05, 3.63) is 54.0 Å². The van der Waals surface area contributed by atoms with Crippen molar-refractivity contribution in [1.82, 2.24) is 4.41 Å². The van der Waals surface area contributed by atoms with Gasteiger partial charge in [-0.25, -0.2) is 8.42 Å². The van der Waals surface area contributed by atoms with Crippen LogP contribution in [0.3, 0.4) is 0 Å². The van der Waals surface area contributed by atoms with E-state index in [0.29, 0.717) is 23.6 Å². The molecule has 1 aliphatic heterocycles. The first-order valence-corrected chi connectivity index (χ1v) is 9.18. The number of nitrogens with zero attached hydrogens (tertiary/aromatic N) is 2. The predicted octanol–water partition coefficient (Wildman–Crippen LogP) is 2.35. The van der Waals surface area contributed by atoms with Crippen molar-refractivity contribution in [3.8, 4) is 0 Å². The highest BCUT2D eigenvalue weighted by Crippen LogP contribution is 2.35. The number of rotatable bonds is 4. The summed E-state index contributed by atoms with van der Waals surface area (Å²) in [6.45, 7) is 1.43. The molecule has 0 fully saturated rings. The molecule has 2 heterocycles. The van der Waals surface area contributed by atoms with Crippen LogP contribution < -0.4 is 5.32 Å². The molecular weight excluding hydrogens is 330 g/mol. The average Bonchev–Trinajstić information content (AvgIpc) is 3.15. The van der Waals surface area contributed by atoms with Gasteiger partial charge in [-0.3, -0.25) is 4.79 Å². The van der Waals surface area contributed by atoms with E-state index in [9.17, 15) is 13.2 Å². The second-order valence-electron chi connectivity index (χ2n) is 5.58. The van der Waals surface area contributed by atoms with Crippen LogP contribution in [0.15, 0.2) is 52.2 Å². The van der Waals surface area contributed by atoms with Gasteiger partial charge in [0.2, 0.25) is 15.9 Å². The summed E-state index contributed by atoms with van der Waals surface area (Å²) in [6, 6.07) is 10.1. The predicted molar refractivity (Wildman–Crippen MR) is 90.0 cm³/mol. The first kappa shape index (κ1) is 16.3. The number of sulfonamides is 1. The maximum atomic E-state index is 12.0. The fourth-order valence-electron chi connectivity index (χ4n) is 2.64. The van der Waals surface area contributed by atoms with E-state index in [1.165, 1.54) is 13.2 Å². The van der Waals surface area contributed by atoms with Gasteiger partial charge in [0, 0.05) is 19.0 Å². The Morgan fingerprint density at radius 2 is 2.12 bits per heavy atom. The summed E-state index contributed by atoms with van der Waals surface area (Å²) in [4.78, 5) is 11.2. The van der Waals surface area contributed by atoms with E-state index in [0.717, 1.165) is 16.2 Å². The largest absolute Gasteiger partial charge is 0.467 e. The number of anilines is 1. The number of carbonyl (C=O) groups excluding carboxylic acids is 1. The van der Waals surface area contributed by atoms with Gasteiger partial charge in [-0.15, -0.1) is 0 Å². The third-order valence-electron chi connectivity index (χ3n) is 3.60. The molecule has 0 saturated heterocycles. The molecule has 1 aromatic heterocycles. The van der Waals surface area contributed by atoms with E-state index in [-0.39, 0.29) is 5.91 Å². The highest BCUT2D eigenvalue weighted by molar-refractivity contribution is 7.88. The Labute approximate surface area is 140 Å². The van der Waals surface area contributed by atoms with Gasteiger partial charge < -0.3 is 9.73 Å². The van der Waals surface area contributed by atoms with E-state index in [2.05, 4.69) is 10.4 Å². The van der Waals surface area contributed by atoms with Gasteiger partial charge in [0.25, 0.3) is 0 Å². The van der Waals surface area contributed by atoms with Gasteiger partial charge >= 0.3 is 0 Å². The zero-order valence-electron chi connectivity index (χ0n) is 13.3. The first-order valence-electron chi connectivity index (χ1n) is 7.33. The number of hydrogen-bond acceptors (Lipinski definition) is 5. The van der Waals surface area contributed by atoms with Crippen LogP contribution in [-0.2, 0) is 14.8 Å². The molecular formula is C16H17N3O4S. The molecule has 8 heteroatoms. The van der Waals surface area contributed by atoms with Gasteiger partial charge in [0.1, 0.15) is 11.8 Å². The summed E-state index contributed by atoms with van der Waals surface area (Å²) in [7, 11) is -3.53. The molecule has 24 heavy (non-hydrogen) atoms. The number of carbonyl (C=O) groups is 1. The summed E-state index contributed by atoms with van der Waals surface area (Å²) in [5.41, 5.74) is 2.01. The second kappa shape index (κ2) is 6.12. The second-order valence-corrected chi connectivity index (χ2v) is 7.42. The average molecular weight is 347 g/mol. The molecule has 0 spiro atoms. The summed E-state index contributed by atoms with van der Waals surface area (Å²) in [5, 5.41) is 6.98. The third-order valence-corrected chi connectivity index (χ3v) is 4.62. The van der Waals surface area contributed by atoms with Crippen LogP contribution in [0, 0.1) is 0 Å². The van der Waals surface area contributed by atoms with Crippen LogP contribution >= 0.6 is 0 Å². The Morgan fingerprint density at radius 1 is 1.33 bits per heavy atom. The maximum Gasteiger partial charge on any atom is 0.247 e. The van der Waals surface area contributed by atoms with Crippen LogP contribution in [0.4, 0.5) is 5.69 Å². The summed E-state index contributed by atoms with van der Waals surface area (Å²) < 4.78 is 30.5. The topological polar surface area (TPSA) is 92.0 Å². The Hall–Kier alpha value is -2.61. The van der Waals surface area contributed by atoms with Crippen molar-refractivity contribution >= 4 is 27.3 Å². The maximum absolute atomic E-state index is 12.0. The lowest BCUT2D eigenvalue weighted by Crippen LogP contribution is -2.25. The van der Waals surface area contributed by atoms with E-state index in [4.69, 9.17) is 4.42 Å². The zero-order valence-corrected chi connectivity index (χ0v) is 14.1. The molecule has 1 aromatic carbocycles. The number of benzene rings is 1. The Kier molecular flexibility index (Phi) is 4.15. The molecule has 0 radical (unpaired) electrons. The van der Waals surface area contributed by atoms with Crippen molar-refractivity contribution in [1.29, 1.82) is 0 Å². The minimum absolute atomic E-state index is 0.174. The fraction of sp³-hybridized carbons (Fsp3) is 0.250. The number of furan rings is 1. The van der Waals surface area contributed by atoms with Gasteiger partial charge in [0.15, 0.2) is 0 Å². The molecule has 0 unspecified atom stereocenters. The lowest BCUT2D eigenvalue weighted by Gasteiger charge is -2.18. The van der Waals surface area contributed by atoms with Crippen molar-refractivity contribution in [2.45, 2.75) is 19.4 Å². The molecule has 1 aliphatic rings. The highest BCUT2D eigenvalue weighted by Gasteiger charge is 2.36. The van der Waals surface area contributed by atoms with Crippen LogP contribution in [0.5, 0.6) is 0 Å². The summed E-state index contributed by atoms with van der Waals surface area (Å²) in [5.74, 6) is 0.365. The first-order chi connectivity index (χ1) is 11.3. The monoisotopic (exact) mass is 347 g/mol. The lowest BCUT2D eigenvalue weighted by atomic mass is 10.0. The smallest absolute Gasteiger partial charge is 0.247 e. The van der Waals surface area contributed by atoms with E-state index < -0.39 is 16.1 Å². The van der Waals surface area contributed by atoms with Gasteiger partial charge in [-0.1, -0.05) is 12.1 Å². The van der Waals surface area contributed by atoms with Crippen molar-refractivity contribution < 1.29 is 17.6 Å². The fourth-order valence-corrected chi connectivity index (χ4v) is 3.53. The third kappa shape index (κ3) is 3.33. The van der Waals surface area contributed by atoms with E-state index >= 15 is 0 Å². The molecule has 0 aliphatic carbocycles. The number of nitrogens with one attached hydrogen (secondary N) is 1. The molecule has 2 aromatic rings. The summed E-state index contributed by atoms with van der Waals surface area (Å²) >= 11 is 0. The van der Waals surface area contributed by atoms with Crippen LogP contribution in [0.2, 0.25) is 0 Å². The van der Waals surface area contributed by atoms with Crippen LogP contribution in [-0.4, -0.2) is 30.7 Å². The quantitative estimate of drug-likeness (QED) is 0.919. The SMILES string of the molecule is CC(=O)Nc1cccc(C2=NN(S(C)(=O)=O)[C@@H](c3ccco3)C2)c1. The van der Waals surface area contributed by atoms with Gasteiger partial charge in [0.05, 0.1) is 18.2 Å². The number of hydrazone groups is 1. The molecule has 0 bridgehead atoms. The summed E-state index contributed by atoms with van der Waals surface area (Å²) in [6.07, 6.45) is 3.01. The Bertz CT molecular complexity index is 888. The van der Waals surface area contributed by atoms with Crippen molar-refractivity contribution in [2.75, 3.05) is 11.6 Å². The molecule has 7 nitrogen and oxygen atoms in total. The van der Waals surface area contributed by atoms with Gasteiger partial charge in [-0.05, 0) is 29.8 Å². The molecule has 1 atom stereocenters. The van der Waals surface area contributed by atoms with E-state index in [1.807, 2.05) is 6.07 Å². The van der Waals surface area contributed by atoms with Crippen molar-refractivity contribution in [3.63, 3.8) is 0 Å². The molecule has 126 valence electrons. The lowest BCUT2D eigenvalue weighted by molar-refractivity contribution is -0.114. The molecule has 1 N–H and O–H groups in total. The minimum atomic E-state index is -3.53. The molecule has 3 rings (SSSR count). The van der Waals surface area contributed by atoms with Gasteiger partial charge in [-0.2, -0.15) is 9.52 Å².